The van der Waals surface area contributed by atoms with E-state index in [1.54, 1.807) is 0 Å². The number of piperazine rings is 1. The summed E-state index contributed by atoms with van der Waals surface area (Å²) in [6.45, 7) is 5.55. The molecule has 1 heterocycles. The van der Waals surface area contributed by atoms with Crippen molar-refractivity contribution >= 4 is 11.9 Å². The number of hydrogen-bond acceptors (Lipinski definition) is 3. The van der Waals surface area contributed by atoms with Crippen LogP contribution in [0.15, 0.2) is 91.0 Å². The molecule has 4 bridgehead atoms. The van der Waals surface area contributed by atoms with Crippen molar-refractivity contribution in [1.29, 1.82) is 0 Å². The van der Waals surface area contributed by atoms with Crippen molar-refractivity contribution in [3.05, 3.63) is 108 Å². The molecule has 4 saturated carbocycles. The fourth-order valence-corrected chi connectivity index (χ4v) is 9.43. The van der Waals surface area contributed by atoms with Gasteiger partial charge in [0.2, 0.25) is 5.91 Å². The predicted molar refractivity (Wildman–Crippen MR) is 178 cm³/mol. The maximum absolute atomic E-state index is 14.1. The van der Waals surface area contributed by atoms with E-state index in [9.17, 15) is 9.59 Å². The Labute approximate surface area is 268 Å². The molecule has 1 aliphatic heterocycles. The highest BCUT2D eigenvalue weighted by molar-refractivity contribution is 5.79. The average Bonchev–Trinajstić information content (AvgIpc) is 3.05. The molecule has 3 aromatic carbocycles. The van der Waals surface area contributed by atoms with Crippen LogP contribution in [0.2, 0.25) is 0 Å². The molecule has 236 valence electrons. The molecule has 5 aliphatic rings. The van der Waals surface area contributed by atoms with Crippen molar-refractivity contribution in [2.24, 2.45) is 17.8 Å². The third-order valence-corrected chi connectivity index (χ3v) is 11.2. The van der Waals surface area contributed by atoms with Gasteiger partial charge in [-0.1, -0.05) is 91.0 Å². The van der Waals surface area contributed by atoms with Gasteiger partial charge in [-0.25, -0.2) is 4.79 Å². The highest BCUT2D eigenvalue weighted by Gasteiger charge is 2.52. The van der Waals surface area contributed by atoms with Gasteiger partial charge in [-0.3, -0.25) is 9.69 Å². The van der Waals surface area contributed by atoms with E-state index in [0.717, 1.165) is 55.7 Å². The first-order valence-electron chi connectivity index (χ1n) is 17.2. The van der Waals surface area contributed by atoms with Gasteiger partial charge in [-0.05, 0) is 79.9 Å². The Balaban J connectivity index is 1.01. The van der Waals surface area contributed by atoms with Gasteiger partial charge in [0.1, 0.15) is 0 Å². The molecule has 6 heteroatoms. The number of carbonyl (C=O) groups is 2. The van der Waals surface area contributed by atoms with Crippen LogP contribution >= 0.6 is 0 Å². The Morgan fingerprint density at radius 1 is 0.733 bits per heavy atom. The van der Waals surface area contributed by atoms with Crippen LogP contribution in [0, 0.1) is 17.8 Å². The van der Waals surface area contributed by atoms with Gasteiger partial charge in [0.15, 0.2) is 0 Å². The summed E-state index contributed by atoms with van der Waals surface area (Å²) < 4.78 is 0. The number of urea groups is 1. The van der Waals surface area contributed by atoms with E-state index in [1.807, 2.05) is 28.0 Å². The number of benzene rings is 3. The van der Waals surface area contributed by atoms with Crippen LogP contribution in [-0.4, -0.2) is 64.9 Å². The summed E-state index contributed by atoms with van der Waals surface area (Å²) in [5.74, 6) is 2.43. The fourth-order valence-electron chi connectivity index (χ4n) is 9.43. The van der Waals surface area contributed by atoms with Gasteiger partial charge in [0, 0.05) is 44.7 Å². The molecule has 3 aromatic rings. The van der Waals surface area contributed by atoms with Crippen molar-refractivity contribution < 1.29 is 9.59 Å². The van der Waals surface area contributed by atoms with Gasteiger partial charge in [0.25, 0.3) is 0 Å². The van der Waals surface area contributed by atoms with Gasteiger partial charge in [0.05, 0.1) is 12.1 Å². The second kappa shape index (κ2) is 13.0. The zero-order valence-electron chi connectivity index (χ0n) is 26.7. The molecule has 4 aliphatic carbocycles. The van der Waals surface area contributed by atoms with Gasteiger partial charge in [-0.15, -0.1) is 0 Å². The minimum atomic E-state index is -0.109. The zero-order chi connectivity index (χ0) is 30.8. The first-order chi connectivity index (χ1) is 22.0. The standard InChI is InChI=1S/C39H48N4O2/c1-29(33-11-5-2-6-12-33)43(38(45)40-39-26-30-23-31(27-39)25-32(24-30)28-39)18-17-36(44)41-19-21-42(22-20-41)37(34-13-7-3-8-14-34)35-15-9-4-10-16-35/h2-16,29-32,37H,17-28H2,1H3,(H,40,45)/t29-,30?,31?,32?,39?/m0/s1. The topological polar surface area (TPSA) is 55.9 Å². The molecule has 3 amide bonds. The maximum Gasteiger partial charge on any atom is 0.318 e. The van der Waals surface area contributed by atoms with Crippen molar-refractivity contribution in [3.8, 4) is 0 Å². The minimum Gasteiger partial charge on any atom is -0.340 e. The van der Waals surface area contributed by atoms with Crippen LogP contribution in [0.5, 0.6) is 0 Å². The van der Waals surface area contributed by atoms with Crippen molar-refractivity contribution in [1.82, 2.24) is 20.0 Å². The van der Waals surface area contributed by atoms with Crippen LogP contribution in [0.1, 0.15) is 80.6 Å². The number of carbonyl (C=O) groups excluding carboxylic acids is 2. The third-order valence-electron chi connectivity index (χ3n) is 11.2. The highest BCUT2D eigenvalue weighted by Crippen LogP contribution is 2.55. The molecule has 0 radical (unpaired) electrons. The molecular weight excluding hydrogens is 556 g/mol. The van der Waals surface area contributed by atoms with Crippen LogP contribution in [0.4, 0.5) is 4.79 Å². The Bertz CT molecular complexity index is 1360. The smallest absolute Gasteiger partial charge is 0.318 e. The van der Waals surface area contributed by atoms with Gasteiger partial charge >= 0.3 is 6.03 Å². The summed E-state index contributed by atoms with van der Waals surface area (Å²) >= 11 is 0. The Kier molecular flexibility index (Phi) is 8.68. The Hall–Kier alpha value is -3.64. The number of amides is 3. The second-order valence-corrected chi connectivity index (χ2v) is 14.3. The molecule has 1 N–H and O–H groups in total. The SMILES string of the molecule is C[C@@H](c1ccccc1)N(CCC(=O)N1CCN(C(c2ccccc2)c2ccccc2)CC1)C(=O)NC12CC3CC(CC(C3)C1)C2. The minimum absolute atomic E-state index is 0.000476. The van der Waals surface area contributed by atoms with Crippen molar-refractivity contribution in [2.45, 2.75) is 69.5 Å². The summed E-state index contributed by atoms with van der Waals surface area (Å²) in [7, 11) is 0. The molecule has 5 fully saturated rings. The Morgan fingerprint density at radius 3 is 1.69 bits per heavy atom. The summed E-state index contributed by atoms with van der Waals surface area (Å²) in [5.41, 5.74) is 3.60. The van der Waals surface area contributed by atoms with E-state index >= 15 is 0 Å². The lowest BCUT2D eigenvalue weighted by Crippen LogP contribution is -2.62. The largest absolute Gasteiger partial charge is 0.340 e. The number of rotatable bonds is 9. The van der Waals surface area contributed by atoms with E-state index in [0.29, 0.717) is 26.1 Å². The van der Waals surface area contributed by atoms with E-state index < -0.39 is 0 Å². The lowest BCUT2D eigenvalue weighted by Gasteiger charge is -2.57. The average molecular weight is 605 g/mol. The van der Waals surface area contributed by atoms with Crippen LogP contribution in [0.25, 0.3) is 0 Å². The molecule has 0 unspecified atom stereocenters. The molecule has 1 saturated heterocycles. The lowest BCUT2D eigenvalue weighted by molar-refractivity contribution is -0.133. The first kappa shape index (κ1) is 30.0. The maximum atomic E-state index is 14.1. The van der Waals surface area contributed by atoms with Crippen LogP contribution in [-0.2, 0) is 4.79 Å². The van der Waals surface area contributed by atoms with E-state index in [2.05, 4.69) is 89.9 Å². The number of hydrogen-bond donors (Lipinski definition) is 1. The van der Waals surface area contributed by atoms with Gasteiger partial charge in [-0.2, -0.15) is 0 Å². The van der Waals surface area contributed by atoms with Crippen molar-refractivity contribution in [2.75, 3.05) is 32.7 Å². The monoisotopic (exact) mass is 604 g/mol. The van der Waals surface area contributed by atoms with Crippen LogP contribution < -0.4 is 5.32 Å². The zero-order valence-corrected chi connectivity index (χ0v) is 26.7. The predicted octanol–water partition coefficient (Wildman–Crippen LogP) is 7.05. The molecular formula is C39H48N4O2. The van der Waals surface area contributed by atoms with Gasteiger partial charge < -0.3 is 15.1 Å². The second-order valence-electron chi connectivity index (χ2n) is 14.3. The van der Waals surface area contributed by atoms with Crippen molar-refractivity contribution in [3.63, 3.8) is 0 Å². The summed E-state index contributed by atoms with van der Waals surface area (Å²) in [4.78, 5) is 34.2. The highest BCUT2D eigenvalue weighted by atomic mass is 16.2. The molecule has 8 rings (SSSR count). The fraction of sp³-hybridized carbons (Fsp3) is 0.487. The number of nitrogens with zero attached hydrogens (tertiary/aromatic N) is 3. The van der Waals surface area contributed by atoms with E-state index in [4.69, 9.17) is 0 Å². The lowest BCUT2D eigenvalue weighted by atomic mass is 9.53. The van der Waals surface area contributed by atoms with Crippen LogP contribution in [0.3, 0.4) is 0 Å². The molecule has 0 spiro atoms. The molecule has 0 aromatic heterocycles. The number of nitrogens with one attached hydrogen (secondary N) is 1. The summed E-state index contributed by atoms with van der Waals surface area (Å²) in [5, 5.41) is 3.58. The quantitative estimate of drug-likeness (QED) is 0.285. The van der Waals surface area contributed by atoms with E-state index in [-0.39, 0.29) is 29.6 Å². The summed E-state index contributed by atoms with van der Waals surface area (Å²) in [6, 6.07) is 31.7. The van der Waals surface area contributed by atoms with E-state index in [1.165, 1.54) is 30.4 Å². The Morgan fingerprint density at radius 2 is 1.20 bits per heavy atom. The summed E-state index contributed by atoms with van der Waals surface area (Å²) in [6.07, 6.45) is 7.74. The normalized spacial score (nSPS) is 26.5. The molecule has 6 nitrogen and oxygen atoms in total. The third kappa shape index (κ3) is 6.53. The first-order valence-corrected chi connectivity index (χ1v) is 17.2. The molecule has 1 atom stereocenters. The molecule has 45 heavy (non-hydrogen) atoms.